The lowest BCUT2D eigenvalue weighted by Gasteiger charge is -2.21. The predicted molar refractivity (Wildman–Crippen MR) is 122 cm³/mol. The van der Waals surface area contributed by atoms with Gasteiger partial charge in [0.1, 0.15) is 0 Å². The molecule has 1 aliphatic rings. The molecule has 0 spiro atoms. The summed E-state index contributed by atoms with van der Waals surface area (Å²) in [6.07, 6.45) is -1.07. The van der Waals surface area contributed by atoms with Crippen molar-refractivity contribution in [2.75, 3.05) is 17.3 Å². The zero-order valence-electron chi connectivity index (χ0n) is 16.2. The molecule has 0 aromatic heterocycles. The molecule has 7 heteroatoms. The third kappa shape index (κ3) is 4.11. The first kappa shape index (κ1) is 19.8. The largest absolute Gasteiger partial charge is 0.321 e. The number of nitrogens with zero attached hydrogens (tertiary/aromatic N) is 2. The van der Waals surface area contributed by atoms with Crippen LogP contribution in [0.2, 0.25) is 0 Å². The lowest BCUT2D eigenvalue weighted by Crippen LogP contribution is -2.47. The van der Waals surface area contributed by atoms with E-state index in [2.05, 4.69) is 31.6 Å². The lowest BCUT2D eigenvalue weighted by atomic mass is 10.0. The van der Waals surface area contributed by atoms with Crippen LogP contribution in [0.3, 0.4) is 0 Å². The lowest BCUT2D eigenvalue weighted by molar-refractivity contribution is -0.119. The van der Waals surface area contributed by atoms with E-state index in [0.717, 1.165) is 21.3 Å². The molecule has 1 heterocycles. The number of carbonyl (C=O) groups excluding carboxylic acids is 2. The van der Waals surface area contributed by atoms with Gasteiger partial charge in [0.2, 0.25) is 6.17 Å². The van der Waals surface area contributed by atoms with Gasteiger partial charge < -0.3 is 15.5 Å². The summed E-state index contributed by atoms with van der Waals surface area (Å²) in [5.74, 6) is -0.322. The first-order valence-electron chi connectivity index (χ1n) is 9.36. The Hall–Kier alpha value is -3.45. The number of para-hydroxylation sites is 1. The first-order valence-corrected chi connectivity index (χ1v) is 10.2. The zero-order chi connectivity index (χ0) is 21.1. The van der Waals surface area contributed by atoms with Gasteiger partial charge in [0, 0.05) is 28.3 Å². The van der Waals surface area contributed by atoms with E-state index in [-0.39, 0.29) is 5.91 Å². The summed E-state index contributed by atoms with van der Waals surface area (Å²) in [4.78, 5) is 31.9. The molecule has 0 saturated heterocycles. The molecular formula is C23H19BrN4O2. The second-order valence-electron chi connectivity index (χ2n) is 6.77. The SMILES string of the molecule is CN1C(=O)[C@H](NC(=O)Nc2cccc(Br)c2)N=C(c2ccccc2)c2ccccc21. The van der Waals surface area contributed by atoms with Crippen LogP contribution in [0, 0.1) is 0 Å². The predicted octanol–water partition coefficient (Wildman–Crippen LogP) is 4.41. The minimum absolute atomic E-state index is 0.322. The summed E-state index contributed by atoms with van der Waals surface area (Å²) in [7, 11) is 1.69. The quantitative estimate of drug-likeness (QED) is 0.604. The van der Waals surface area contributed by atoms with E-state index in [4.69, 9.17) is 0 Å². The van der Waals surface area contributed by atoms with E-state index >= 15 is 0 Å². The molecule has 150 valence electrons. The molecule has 1 atom stereocenters. The highest BCUT2D eigenvalue weighted by Crippen LogP contribution is 2.27. The number of carbonyl (C=O) groups is 2. The Labute approximate surface area is 182 Å². The molecule has 3 aromatic carbocycles. The maximum atomic E-state index is 13.1. The third-order valence-electron chi connectivity index (χ3n) is 4.74. The van der Waals surface area contributed by atoms with E-state index in [0.29, 0.717) is 11.4 Å². The number of amides is 3. The van der Waals surface area contributed by atoms with E-state index in [1.165, 1.54) is 4.90 Å². The molecule has 0 aliphatic carbocycles. The van der Waals surface area contributed by atoms with Crippen LogP contribution >= 0.6 is 15.9 Å². The van der Waals surface area contributed by atoms with E-state index < -0.39 is 12.2 Å². The smallest absolute Gasteiger partial charge is 0.311 e. The molecule has 4 rings (SSSR count). The Morgan fingerprint density at radius 3 is 2.50 bits per heavy atom. The van der Waals surface area contributed by atoms with Crippen molar-refractivity contribution < 1.29 is 9.59 Å². The fourth-order valence-corrected chi connectivity index (χ4v) is 3.70. The summed E-state index contributed by atoms with van der Waals surface area (Å²) < 4.78 is 0.838. The molecule has 0 fully saturated rings. The van der Waals surface area contributed by atoms with Crippen LogP contribution in [0.1, 0.15) is 11.1 Å². The van der Waals surface area contributed by atoms with Crippen molar-refractivity contribution in [2.45, 2.75) is 6.17 Å². The molecule has 0 bridgehead atoms. The fraction of sp³-hybridized carbons (Fsp3) is 0.0870. The van der Waals surface area contributed by atoms with Crippen molar-refractivity contribution in [2.24, 2.45) is 4.99 Å². The van der Waals surface area contributed by atoms with Crippen molar-refractivity contribution in [1.82, 2.24) is 5.32 Å². The van der Waals surface area contributed by atoms with Gasteiger partial charge in [-0.1, -0.05) is 70.5 Å². The number of likely N-dealkylation sites (N-methyl/N-ethyl adjacent to an activating group) is 1. The van der Waals surface area contributed by atoms with E-state index in [9.17, 15) is 9.59 Å². The fourth-order valence-electron chi connectivity index (χ4n) is 3.30. The molecule has 2 N–H and O–H groups in total. The molecule has 6 nitrogen and oxygen atoms in total. The van der Waals surface area contributed by atoms with Crippen molar-refractivity contribution in [3.05, 3.63) is 94.5 Å². The Morgan fingerprint density at radius 1 is 1.00 bits per heavy atom. The van der Waals surface area contributed by atoms with Crippen molar-refractivity contribution in [1.29, 1.82) is 0 Å². The number of halogens is 1. The Kier molecular flexibility index (Phi) is 5.63. The average Bonchev–Trinajstić information content (AvgIpc) is 2.85. The van der Waals surface area contributed by atoms with Crippen LogP contribution in [0.15, 0.2) is 88.3 Å². The number of hydrogen-bond donors (Lipinski definition) is 2. The van der Waals surface area contributed by atoms with Gasteiger partial charge in [0.15, 0.2) is 0 Å². The second kappa shape index (κ2) is 8.51. The van der Waals surface area contributed by atoms with Gasteiger partial charge in [-0.05, 0) is 24.3 Å². The Balaban J connectivity index is 1.69. The molecule has 30 heavy (non-hydrogen) atoms. The maximum Gasteiger partial charge on any atom is 0.321 e. The van der Waals surface area contributed by atoms with Crippen LogP contribution in [-0.2, 0) is 4.79 Å². The summed E-state index contributed by atoms with van der Waals surface area (Å²) in [6.45, 7) is 0. The van der Waals surface area contributed by atoms with Crippen LogP contribution in [-0.4, -0.2) is 30.9 Å². The summed E-state index contributed by atoms with van der Waals surface area (Å²) in [5.41, 5.74) is 3.69. The summed E-state index contributed by atoms with van der Waals surface area (Å²) in [5, 5.41) is 5.44. The van der Waals surface area contributed by atoms with Crippen molar-refractivity contribution in [3.8, 4) is 0 Å². The zero-order valence-corrected chi connectivity index (χ0v) is 17.8. The number of benzene rings is 3. The minimum atomic E-state index is -1.07. The normalized spacial score (nSPS) is 15.7. The van der Waals surface area contributed by atoms with E-state index in [1.807, 2.05) is 66.7 Å². The third-order valence-corrected chi connectivity index (χ3v) is 5.23. The van der Waals surface area contributed by atoms with Gasteiger partial charge in [-0.2, -0.15) is 0 Å². The highest BCUT2D eigenvalue weighted by Gasteiger charge is 2.30. The standard InChI is InChI=1S/C23H19BrN4O2/c1-28-19-13-6-5-12-18(19)20(15-8-3-2-4-9-15)26-21(22(28)29)27-23(30)25-17-11-7-10-16(24)14-17/h2-14,21H,1H3,(H2,25,27,30)/t21-/m0/s1. The van der Waals surface area contributed by atoms with Crippen LogP contribution < -0.4 is 15.5 Å². The van der Waals surface area contributed by atoms with Crippen LogP contribution in [0.5, 0.6) is 0 Å². The number of rotatable bonds is 3. The topological polar surface area (TPSA) is 73.8 Å². The molecule has 0 saturated carbocycles. The van der Waals surface area contributed by atoms with Crippen molar-refractivity contribution in [3.63, 3.8) is 0 Å². The van der Waals surface area contributed by atoms with Gasteiger partial charge in [0.05, 0.1) is 11.4 Å². The molecule has 3 amide bonds. The van der Waals surface area contributed by atoms with Gasteiger partial charge in [-0.3, -0.25) is 4.79 Å². The minimum Gasteiger partial charge on any atom is -0.311 e. The van der Waals surface area contributed by atoms with Gasteiger partial charge in [-0.15, -0.1) is 0 Å². The number of benzodiazepines with no additional fused rings is 1. The molecule has 3 aromatic rings. The number of anilines is 2. The summed E-state index contributed by atoms with van der Waals surface area (Å²) >= 11 is 3.37. The second-order valence-corrected chi connectivity index (χ2v) is 7.69. The molecule has 0 unspecified atom stereocenters. The number of aliphatic imine (C=N–C) groups is 1. The van der Waals surface area contributed by atoms with Gasteiger partial charge >= 0.3 is 6.03 Å². The number of fused-ring (bicyclic) bond motifs is 1. The average molecular weight is 463 g/mol. The maximum absolute atomic E-state index is 13.1. The number of nitrogens with one attached hydrogen (secondary N) is 2. The molecular weight excluding hydrogens is 444 g/mol. The highest BCUT2D eigenvalue weighted by molar-refractivity contribution is 9.10. The van der Waals surface area contributed by atoms with Gasteiger partial charge in [-0.25, -0.2) is 9.79 Å². The Morgan fingerprint density at radius 2 is 1.73 bits per heavy atom. The number of hydrogen-bond acceptors (Lipinski definition) is 3. The first-order chi connectivity index (χ1) is 14.5. The molecule has 1 aliphatic heterocycles. The van der Waals surface area contributed by atoms with Gasteiger partial charge in [0.25, 0.3) is 5.91 Å². The highest BCUT2D eigenvalue weighted by atomic mass is 79.9. The molecule has 0 radical (unpaired) electrons. The number of urea groups is 1. The van der Waals surface area contributed by atoms with E-state index in [1.54, 1.807) is 19.2 Å². The van der Waals surface area contributed by atoms with Crippen molar-refractivity contribution >= 4 is 45.0 Å². The van der Waals surface area contributed by atoms with Crippen LogP contribution in [0.25, 0.3) is 0 Å². The van der Waals surface area contributed by atoms with Crippen LogP contribution in [0.4, 0.5) is 16.2 Å². The summed E-state index contributed by atoms with van der Waals surface area (Å²) in [6, 6.07) is 23.9. The Bertz CT molecular complexity index is 1130. The monoisotopic (exact) mass is 462 g/mol.